The van der Waals surface area contributed by atoms with Gasteiger partial charge in [0.1, 0.15) is 5.75 Å². The summed E-state index contributed by atoms with van der Waals surface area (Å²) in [6.45, 7) is 4.81. The van der Waals surface area contributed by atoms with Gasteiger partial charge in [-0.2, -0.15) is 8.42 Å². The molecule has 1 aromatic carbocycles. The van der Waals surface area contributed by atoms with Crippen LogP contribution in [0.4, 0.5) is 0 Å². The minimum absolute atomic E-state index is 0.293. The Morgan fingerprint density at radius 2 is 1.74 bits per heavy atom. The highest BCUT2D eigenvalue weighted by Crippen LogP contribution is 2.16. The van der Waals surface area contributed by atoms with Gasteiger partial charge in [0, 0.05) is 25.3 Å². The van der Waals surface area contributed by atoms with E-state index in [1.54, 1.807) is 31.3 Å². The number of nitrogens with zero attached hydrogens (tertiary/aromatic N) is 1. The highest BCUT2D eigenvalue weighted by atomic mass is 32.2. The Morgan fingerprint density at radius 1 is 1.03 bits per heavy atom. The van der Waals surface area contributed by atoms with Crippen molar-refractivity contribution in [2.45, 2.75) is 39.2 Å². The van der Waals surface area contributed by atoms with E-state index in [1.165, 1.54) is 0 Å². The number of hydrogen-bond donors (Lipinski definition) is 0. The predicted molar refractivity (Wildman–Crippen MR) is 116 cm³/mol. The minimum atomic E-state index is -3.52. The van der Waals surface area contributed by atoms with Gasteiger partial charge in [0.25, 0.3) is 0 Å². The van der Waals surface area contributed by atoms with Gasteiger partial charge >= 0.3 is 16.1 Å². The van der Waals surface area contributed by atoms with Crippen molar-refractivity contribution in [3.05, 3.63) is 53.7 Å². The number of carbonyl (C=O) groups excluding carboxylic acids is 1. The van der Waals surface area contributed by atoms with E-state index in [4.69, 9.17) is 18.4 Å². The molecule has 170 valence electrons. The van der Waals surface area contributed by atoms with Crippen LogP contribution in [-0.4, -0.2) is 51.6 Å². The van der Waals surface area contributed by atoms with E-state index in [0.29, 0.717) is 37.9 Å². The Bertz CT molecular complexity index is 912. The zero-order valence-corrected chi connectivity index (χ0v) is 18.9. The molecule has 2 aromatic rings. The summed E-state index contributed by atoms with van der Waals surface area (Å²) < 4.78 is 43.2. The van der Waals surface area contributed by atoms with Gasteiger partial charge in [0.05, 0.1) is 19.5 Å². The van der Waals surface area contributed by atoms with Gasteiger partial charge in [-0.05, 0) is 49.9 Å². The normalized spacial score (nSPS) is 12.2. The molecule has 0 N–H and O–H groups in total. The minimum Gasteiger partial charge on any atom is -0.478 e. The third-order valence-corrected chi connectivity index (χ3v) is 4.66. The highest BCUT2D eigenvalue weighted by Gasteiger charge is 2.20. The van der Waals surface area contributed by atoms with Gasteiger partial charge in [-0.25, -0.2) is 9.78 Å². The van der Waals surface area contributed by atoms with E-state index in [9.17, 15) is 13.2 Å². The maximum Gasteiger partial charge on any atom is 0.335 e. The summed E-state index contributed by atoms with van der Waals surface area (Å²) in [5.41, 5.74) is 1.91. The van der Waals surface area contributed by atoms with Gasteiger partial charge < -0.3 is 18.4 Å². The number of aromatic nitrogens is 1. The van der Waals surface area contributed by atoms with Crippen molar-refractivity contribution in [2.75, 3.05) is 26.1 Å². The number of pyridine rings is 1. The Morgan fingerprint density at radius 3 is 2.32 bits per heavy atom. The van der Waals surface area contributed by atoms with Crippen LogP contribution in [0.25, 0.3) is 0 Å². The lowest BCUT2D eigenvalue weighted by atomic mass is 10.1. The molecule has 0 aliphatic carbocycles. The van der Waals surface area contributed by atoms with Crippen molar-refractivity contribution in [3.8, 4) is 11.6 Å². The van der Waals surface area contributed by atoms with Gasteiger partial charge in [0.15, 0.2) is 6.10 Å². The van der Waals surface area contributed by atoms with Crippen LogP contribution in [0.3, 0.4) is 0 Å². The van der Waals surface area contributed by atoms with E-state index >= 15 is 0 Å². The fourth-order valence-electron chi connectivity index (χ4n) is 2.82. The number of carbonyl (C=O) groups is 1. The van der Waals surface area contributed by atoms with Crippen LogP contribution < -0.4 is 8.92 Å². The molecule has 31 heavy (non-hydrogen) atoms. The van der Waals surface area contributed by atoms with Crippen LogP contribution >= 0.6 is 0 Å². The number of benzene rings is 1. The first kappa shape index (κ1) is 24.6. The third kappa shape index (κ3) is 9.35. The second kappa shape index (κ2) is 12.3. The molecule has 1 atom stereocenters. The molecule has 8 nitrogen and oxygen atoms in total. The SMILES string of the molecule is CCOC(=O)C(Cc1ccc(OCCCc2ccc(OS(C)(=O)=O)cc2)nc1)OCC. The predicted octanol–water partition coefficient (Wildman–Crippen LogP) is 2.94. The first-order valence-electron chi connectivity index (χ1n) is 10.1. The van der Waals surface area contributed by atoms with Crippen LogP contribution in [0, 0.1) is 0 Å². The standard InChI is InChI=1S/C22H29NO7S/c1-4-27-20(22(24)28-5-2)15-18-10-13-21(23-16-18)29-14-6-7-17-8-11-19(12-9-17)30-31(3,25)26/h8-13,16,20H,4-7,14-15H2,1-3H3. The number of hydrogen-bond acceptors (Lipinski definition) is 8. The maximum absolute atomic E-state index is 11.9. The number of aryl methyl sites for hydroxylation is 1. The van der Waals surface area contributed by atoms with Crippen LogP contribution in [0.1, 0.15) is 31.4 Å². The molecule has 2 rings (SSSR count). The Labute approximate surface area is 183 Å². The van der Waals surface area contributed by atoms with Crippen molar-refractivity contribution in [1.29, 1.82) is 0 Å². The molecule has 0 aliphatic heterocycles. The molecule has 0 saturated carbocycles. The Hall–Kier alpha value is -2.65. The van der Waals surface area contributed by atoms with Crippen molar-refractivity contribution in [2.24, 2.45) is 0 Å². The summed E-state index contributed by atoms with van der Waals surface area (Å²) >= 11 is 0. The lowest BCUT2D eigenvalue weighted by Gasteiger charge is -2.15. The summed E-state index contributed by atoms with van der Waals surface area (Å²) in [6, 6.07) is 10.5. The smallest absolute Gasteiger partial charge is 0.335 e. The van der Waals surface area contributed by atoms with E-state index in [2.05, 4.69) is 4.98 Å². The summed E-state index contributed by atoms with van der Waals surface area (Å²) in [5, 5.41) is 0. The molecular weight excluding hydrogens is 422 g/mol. The maximum atomic E-state index is 11.9. The molecule has 0 aliphatic rings. The van der Waals surface area contributed by atoms with Crippen LogP contribution in [-0.2, 0) is 37.2 Å². The van der Waals surface area contributed by atoms with E-state index in [-0.39, 0.29) is 5.97 Å². The van der Waals surface area contributed by atoms with Crippen molar-refractivity contribution < 1.29 is 31.6 Å². The monoisotopic (exact) mass is 451 g/mol. The molecule has 0 radical (unpaired) electrons. The van der Waals surface area contributed by atoms with E-state index in [0.717, 1.165) is 30.2 Å². The first-order chi connectivity index (χ1) is 14.8. The highest BCUT2D eigenvalue weighted by molar-refractivity contribution is 7.86. The van der Waals surface area contributed by atoms with Gasteiger partial charge in [-0.15, -0.1) is 0 Å². The van der Waals surface area contributed by atoms with E-state index in [1.807, 2.05) is 25.1 Å². The average Bonchev–Trinajstić information content (AvgIpc) is 2.72. The quantitative estimate of drug-likeness (QED) is 0.260. The van der Waals surface area contributed by atoms with Crippen LogP contribution in [0.2, 0.25) is 0 Å². The molecule has 9 heteroatoms. The summed E-state index contributed by atoms with van der Waals surface area (Å²) in [4.78, 5) is 16.2. The molecular formula is C22H29NO7S. The summed E-state index contributed by atoms with van der Waals surface area (Å²) in [6.07, 6.45) is 3.96. The lowest BCUT2D eigenvalue weighted by molar-refractivity contribution is -0.156. The molecule has 0 amide bonds. The van der Waals surface area contributed by atoms with Crippen LogP contribution in [0.15, 0.2) is 42.6 Å². The average molecular weight is 452 g/mol. The molecule has 0 saturated heterocycles. The van der Waals surface area contributed by atoms with Crippen molar-refractivity contribution >= 4 is 16.1 Å². The molecule has 0 fully saturated rings. The largest absolute Gasteiger partial charge is 0.478 e. The van der Waals surface area contributed by atoms with Crippen molar-refractivity contribution in [1.82, 2.24) is 4.98 Å². The first-order valence-corrected chi connectivity index (χ1v) is 12.0. The zero-order chi connectivity index (χ0) is 22.7. The molecule has 0 spiro atoms. The summed E-state index contributed by atoms with van der Waals surface area (Å²) in [5.74, 6) is 0.423. The lowest BCUT2D eigenvalue weighted by Crippen LogP contribution is -2.29. The molecule has 0 bridgehead atoms. The number of ether oxygens (including phenoxy) is 3. The van der Waals surface area contributed by atoms with Gasteiger partial charge in [-0.1, -0.05) is 18.2 Å². The summed E-state index contributed by atoms with van der Waals surface area (Å²) in [7, 11) is -3.52. The Balaban J connectivity index is 1.77. The molecule has 1 aromatic heterocycles. The van der Waals surface area contributed by atoms with Crippen molar-refractivity contribution in [3.63, 3.8) is 0 Å². The second-order valence-corrected chi connectivity index (χ2v) is 8.36. The topological polar surface area (TPSA) is 101 Å². The van der Waals surface area contributed by atoms with Gasteiger partial charge in [-0.3, -0.25) is 0 Å². The van der Waals surface area contributed by atoms with E-state index < -0.39 is 16.2 Å². The molecule has 1 unspecified atom stereocenters. The fourth-order valence-corrected chi connectivity index (χ4v) is 3.28. The Kier molecular flexibility index (Phi) is 9.74. The fraction of sp³-hybridized carbons (Fsp3) is 0.455. The second-order valence-electron chi connectivity index (χ2n) is 6.79. The molecule has 1 heterocycles. The van der Waals surface area contributed by atoms with Crippen LogP contribution in [0.5, 0.6) is 11.6 Å². The zero-order valence-electron chi connectivity index (χ0n) is 18.1. The number of rotatable bonds is 13. The van der Waals surface area contributed by atoms with Gasteiger partial charge in [0.2, 0.25) is 5.88 Å². The number of esters is 1. The third-order valence-electron chi connectivity index (χ3n) is 4.17.